The fourth-order valence-electron chi connectivity index (χ4n) is 2.04. The number of carbonyl (C=O) groups excluding carboxylic acids is 2. The second-order valence-corrected chi connectivity index (χ2v) is 5.56. The number of hydrogen-bond acceptors (Lipinski definition) is 3. The Kier molecular flexibility index (Phi) is 6.45. The van der Waals surface area contributed by atoms with Gasteiger partial charge in [0, 0.05) is 33.2 Å². The first-order valence-electron chi connectivity index (χ1n) is 7.34. The van der Waals surface area contributed by atoms with E-state index in [9.17, 15) is 14.4 Å². The highest BCUT2D eigenvalue weighted by Crippen LogP contribution is 2.28. The van der Waals surface area contributed by atoms with Crippen LogP contribution >= 0.6 is 0 Å². The SMILES string of the molecule is CCCN(CC(=O)N(C)C)C(=O)N(CCC(=O)O)C1CC1. The van der Waals surface area contributed by atoms with E-state index in [1.54, 1.807) is 19.0 Å². The molecular weight excluding hydrogens is 274 g/mol. The van der Waals surface area contributed by atoms with Crippen molar-refractivity contribution in [2.24, 2.45) is 0 Å². The number of aliphatic carboxylic acids is 1. The average molecular weight is 299 g/mol. The first-order valence-corrected chi connectivity index (χ1v) is 7.34. The lowest BCUT2D eigenvalue weighted by Crippen LogP contribution is -2.48. The van der Waals surface area contributed by atoms with Crippen LogP contribution in [0.5, 0.6) is 0 Å². The van der Waals surface area contributed by atoms with Crippen molar-refractivity contribution in [3.05, 3.63) is 0 Å². The molecule has 7 heteroatoms. The summed E-state index contributed by atoms with van der Waals surface area (Å²) in [5, 5.41) is 8.79. The molecule has 1 saturated carbocycles. The number of carboxylic acids is 1. The average Bonchev–Trinajstić information content (AvgIpc) is 3.22. The van der Waals surface area contributed by atoms with Crippen molar-refractivity contribution in [1.29, 1.82) is 0 Å². The molecule has 7 nitrogen and oxygen atoms in total. The van der Waals surface area contributed by atoms with Gasteiger partial charge in [-0.05, 0) is 19.3 Å². The quantitative estimate of drug-likeness (QED) is 0.720. The van der Waals surface area contributed by atoms with E-state index in [1.165, 1.54) is 9.80 Å². The molecule has 0 aromatic rings. The molecule has 0 atom stereocenters. The van der Waals surface area contributed by atoms with Gasteiger partial charge in [0.1, 0.15) is 6.54 Å². The van der Waals surface area contributed by atoms with Crippen LogP contribution in [0, 0.1) is 0 Å². The Balaban J connectivity index is 2.70. The molecular formula is C14H25N3O4. The Morgan fingerprint density at radius 2 is 1.76 bits per heavy atom. The molecule has 0 bridgehead atoms. The van der Waals surface area contributed by atoms with Gasteiger partial charge < -0.3 is 19.8 Å². The van der Waals surface area contributed by atoms with Gasteiger partial charge in [-0.1, -0.05) is 6.92 Å². The molecule has 1 aliphatic carbocycles. The number of likely N-dealkylation sites (N-methyl/N-ethyl adjacent to an activating group) is 1. The van der Waals surface area contributed by atoms with E-state index in [4.69, 9.17) is 5.11 Å². The fraction of sp³-hybridized carbons (Fsp3) is 0.786. The van der Waals surface area contributed by atoms with E-state index in [0.717, 1.165) is 19.3 Å². The number of carbonyl (C=O) groups is 3. The topological polar surface area (TPSA) is 81.2 Å². The van der Waals surface area contributed by atoms with E-state index >= 15 is 0 Å². The smallest absolute Gasteiger partial charge is 0.320 e. The van der Waals surface area contributed by atoms with Crippen LogP contribution in [0.15, 0.2) is 0 Å². The third-order valence-corrected chi connectivity index (χ3v) is 3.39. The van der Waals surface area contributed by atoms with Crippen molar-refractivity contribution in [3.8, 4) is 0 Å². The summed E-state index contributed by atoms with van der Waals surface area (Å²) in [7, 11) is 3.31. The Morgan fingerprint density at radius 3 is 2.19 bits per heavy atom. The molecule has 1 rings (SSSR count). The molecule has 1 fully saturated rings. The second kappa shape index (κ2) is 7.85. The number of nitrogens with zero attached hydrogens (tertiary/aromatic N) is 3. The maximum Gasteiger partial charge on any atom is 0.320 e. The van der Waals surface area contributed by atoms with Crippen LogP contribution in [0.4, 0.5) is 4.79 Å². The van der Waals surface area contributed by atoms with Gasteiger partial charge in [0.2, 0.25) is 5.91 Å². The van der Waals surface area contributed by atoms with E-state index < -0.39 is 5.97 Å². The van der Waals surface area contributed by atoms with Crippen LogP contribution in [0.25, 0.3) is 0 Å². The normalized spacial score (nSPS) is 13.7. The Bertz CT molecular complexity index is 394. The van der Waals surface area contributed by atoms with Gasteiger partial charge in [-0.15, -0.1) is 0 Å². The van der Waals surface area contributed by atoms with Crippen LogP contribution < -0.4 is 0 Å². The number of urea groups is 1. The second-order valence-electron chi connectivity index (χ2n) is 5.56. The zero-order chi connectivity index (χ0) is 16.0. The van der Waals surface area contributed by atoms with Gasteiger partial charge in [0.15, 0.2) is 0 Å². The van der Waals surface area contributed by atoms with Crippen molar-refractivity contribution in [3.63, 3.8) is 0 Å². The molecule has 0 spiro atoms. The number of amides is 3. The monoisotopic (exact) mass is 299 g/mol. The summed E-state index contributed by atoms with van der Waals surface area (Å²) in [5.41, 5.74) is 0. The van der Waals surface area contributed by atoms with E-state index in [0.29, 0.717) is 6.54 Å². The third kappa shape index (κ3) is 5.61. The summed E-state index contributed by atoms with van der Waals surface area (Å²) >= 11 is 0. The molecule has 0 unspecified atom stereocenters. The van der Waals surface area contributed by atoms with Crippen LogP contribution in [0.3, 0.4) is 0 Å². The molecule has 0 radical (unpaired) electrons. The standard InChI is InChI=1S/C14H25N3O4/c1-4-8-16(10-12(18)15(2)3)14(21)17(11-5-6-11)9-7-13(19)20/h11H,4-10H2,1-3H3,(H,19,20). The summed E-state index contributed by atoms with van der Waals surface area (Å²) < 4.78 is 0. The zero-order valence-corrected chi connectivity index (χ0v) is 13.0. The predicted molar refractivity (Wildman–Crippen MR) is 77.9 cm³/mol. The van der Waals surface area contributed by atoms with Gasteiger partial charge in [-0.25, -0.2) is 4.79 Å². The number of rotatable bonds is 8. The lowest BCUT2D eigenvalue weighted by molar-refractivity contribution is -0.137. The summed E-state index contributed by atoms with van der Waals surface area (Å²) in [6.45, 7) is 2.68. The molecule has 120 valence electrons. The minimum atomic E-state index is -0.917. The van der Waals surface area contributed by atoms with Crippen molar-refractivity contribution >= 4 is 17.9 Å². The van der Waals surface area contributed by atoms with Crippen LogP contribution in [-0.2, 0) is 9.59 Å². The van der Waals surface area contributed by atoms with Crippen molar-refractivity contribution < 1.29 is 19.5 Å². The zero-order valence-electron chi connectivity index (χ0n) is 13.0. The summed E-state index contributed by atoms with van der Waals surface area (Å²) in [6.07, 6.45) is 2.51. The highest BCUT2D eigenvalue weighted by atomic mass is 16.4. The fourth-order valence-corrected chi connectivity index (χ4v) is 2.04. The first-order chi connectivity index (χ1) is 9.86. The van der Waals surface area contributed by atoms with Crippen molar-refractivity contribution in [1.82, 2.24) is 14.7 Å². The molecule has 1 aliphatic rings. The minimum Gasteiger partial charge on any atom is -0.481 e. The Labute approximate surface area is 125 Å². The molecule has 3 amide bonds. The molecule has 0 heterocycles. The van der Waals surface area contributed by atoms with E-state index in [1.807, 2.05) is 6.92 Å². The lowest BCUT2D eigenvalue weighted by atomic mass is 10.3. The molecule has 0 aromatic carbocycles. The van der Waals surface area contributed by atoms with Gasteiger partial charge in [0.05, 0.1) is 6.42 Å². The highest BCUT2D eigenvalue weighted by molar-refractivity contribution is 5.84. The third-order valence-electron chi connectivity index (χ3n) is 3.39. The van der Waals surface area contributed by atoms with Crippen molar-refractivity contribution in [2.45, 2.75) is 38.6 Å². The summed E-state index contributed by atoms with van der Waals surface area (Å²) in [6, 6.07) is -0.0959. The van der Waals surface area contributed by atoms with E-state index in [2.05, 4.69) is 0 Å². The van der Waals surface area contributed by atoms with Gasteiger partial charge in [-0.2, -0.15) is 0 Å². The Hall–Kier alpha value is -1.79. The maximum atomic E-state index is 12.6. The molecule has 0 saturated heterocycles. The first kappa shape index (κ1) is 17.3. The van der Waals surface area contributed by atoms with Gasteiger partial charge in [-0.3, -0.25) is 9.59 Å². The van der Waals surface area contributed by atoms with Gasteiger partial charge >= 0.3 is 12.0 Å². The summed E-state index contributed by atoms with van der Waals surface area (Å²) in [4.78, 5) is 39.7. The largest absolute Gasteiger partial charge is 0.481 e. The Morgan fingerprint density at radius 1 is 1.14 bits per heavy atom. The van der Waals surface area contributed by atoms with Crippen LogP contribution in [-0.4, -0.2) is 77.5 Å². The van der Waals surface area contributed by atoms with Crippen LogP contribution in [0.2, 0.25) is 0 Å². The minimum absolute atomic E-state index is 0.0377. The predicted octanol–water partition coefficient (Wildman–Crippen LogP) is 0.846. The lowest BCUT2D eigenvalue weighted by Gasteiger charge is -2.30. The van der Waals surface area contributed by atoms with Crippen molar-refractivity contribution in [2.75, 3.05) is 33.7 Å². The molecule has 0 aromatic heterocycles. The maximum absolute atomic E-state index is 12.6. The highest BCUT2D eigenvalue weighted by Gasteiger charge is 2.35. The van der Waals surface area contributed by atoms with Gasteiger partial charge in [0.25, 0.3) is 0 Å². The molecule has 0 aliphatic heterocycles. The van der Waals surface area contributed by atoms with E-state index in [-0.39, 0.29) is 37.5 Å². The molecule has 21 heavy (non-hydrogen) atoms. The number of hydrogen-bond donors (Lipinski definition) is 1. The summed E-state index contributed by atoms with van der Waals surface area (Å²) in [5.74, 6) is -1.05. The number of carboxylic acid groups (broad SMARTS) is 1. The van der Waals surface area contributed by atoms with Crippen LogP contribution in [0.1, 0.15) is 32.6 Å². The molecule has 1 N–H and O–H groups in total.